The second-order valence-corrected chi connectivity index (χ2v) is 5.22. The number of carbonyl (C=O) groups excluding carboxylic acids is 1. The summed E-state index contributed by atoms with van der Waals surface area (Å²) < 4.78 is 1.50. The van der Waals surface area contributed by atoms with Crippen molar-refractivity contribution in [3.8, 4) is 5.82 Å². The lowest BCUT2D eigenvalue weighted by Gasteiger charge is -2.07. The van der Waals surface area contributed by atoms with Gasteiger partial charge in [-0.25, -0.2) is 14.6 Å². The smallest absolute Gasteiger partial charge is 0.251 e. The van der Waals surface area contributed by atoms with E-state index >= 15 is 0 Å². The van der Waals surface area contributed by atoms with Gasteiger partial charge in [0.15, 0.2) is 5.82 Å². The minimum absolute atomic E-state index is 0.0349. The third kappa shape index (κ3) is 3.82. The number of pyridine rings is 1. The average molecular weight is 323 g/mol. The molecule has 3 rings (SSSR count). The highest BCUT2D eigenvalue weighted by Crippen LogP contribution is 2.07. The molecule has 0 aliphatic rings. The quantitative estimate of drug-likeness (QED) is 0.709. The first kappa shape index (κ1) is 15.8. The fourth-order valence-electron chi connectivity index (χ4n) is 2.25. The molecule has 1 amide bonds. The van der Waals surface area contributed by atoms with Crippen LogP contribution in [0.4, 0.5) is 0 Å². The minimum atomic E-state index is -0.161. The molecule has 2 aromatic heterocycles. The summed E-state index contributed by atoms with van der Waals surface area (Å²) >= 11 is 0. The lowest BCUT2D eigenvalue weighted by molar-refractivity contribution is 0.0954. The van der Waals surface area contributed by atoms with Crippen molar-refractivity contribution in [1.82, 2.24) is 25.1 Å². The Balaban J connectivity index is 1.58. The van der Waals surface area contributed by atoms with Crippen molar-refractivity contribution in [3.05, 3.63) is 71.9 Å². The number of amides is 1. The first-order chi connectivity index (χ1) is 11.8. The summed E-state index contributed by atoms with van der Waals surface area (Å²) in [5, 5.41) is 15.9. The van der Waals surface area contributed by atoms with E-state index in [0.717, 1.165) is 17.5 Å². The summed E-state index contributed by atoms with van der Waals surface area (Å²) in [6.45, 7) is 0.561. The van der Waals surface area contributed by atoms with Gasteiger partial charge in [0.1, 0.15) is 12.7 Å². The van der Waals surface area contributed by atoms with Crippen molar-refractivity contribution in [2.75, 3.05) is 6.54 Å². The first-order valence-electron chi connectivity index (χ1n) is 7.54. The Labute approximate surface area is 139 Å². The van der Waals surface area contributed by atoms with Crippen LogP contribution < -0.4 is 5.32 Å². The fourth-order valence-corrected chi connectivity index (χ4v) is 2.25. The van der Waals surface area contributed by atoms with E-state index in [4.69, 9.17) is 5.11 Å². The molecule has 0 atom stereocenters. The van der Waals surface area contributed by atoms with Crippen LogP contribution in [0.5, 0.6) is 0 Å². The third-order valence-corrected chi connectivity index (χ3v) is 3.57. The molecule has 0 fully saturated rings. The first-order valence-corrected chi connectivity index (χ1v) is 7.54. The zero-order valence-corrected chi connectivity index (χ0v) is 13.0. The Bertz CT molecular complexity index is 800. The van der Waals surface area contributed by atoms with E-state index in [2.05, 4.69) is 20.4 Å². The number of hydrogen-bond donors (Lipinski definition) is 2. The highest BCUT2D eigenvalue weighted by Gasteiger charge is 2.08. The largest absolute Gasteiger partial charge is 0.392 e. The molecule has 0 unspecified atom stereocenters. The summed E-state index contributed by atoms with van der Waals surface area (Å²) in [4.78, 5) is 20.3. The van der Waals surface area contributed by atoms with Gasteiger partial charge in [-0.3, -0.25) is 4.79 Å². The van der Waals surface area contributed by atoms with Gasteiger partial charge in [0.05, 0.1) is 6.61 Å². The summed E-state index contributed by atoms with van der Waals surface area (Å²) in [5.41, 5.74) is 2.50. The summed E-state index contributed by atoms with van der Waals surface area (Å²) in [6.07, 6.45) is 5.23. The lowest BCUT2D eigenvalue weighted by atomic mass is 10.1. The number of nitrogens with one attached hydrogen (secondary N) is 1. The Morgan fingerprint density at radius 2 is 1.96 bits per heavy atom. The number of carbonyl (C=O) groups is 1. The van der Waals surface area contributed by atoms with Crippen LogP contribution in [0, 0.1) is 0 Å². The second kappa shape index (κ2) is 7.47. The van der Waals surface area contributed by atoms with Gasteiger partial charge in [0.2, 0.25) is 0 Å². The third-order valence-electron chi connectivity index (χ3n) is 3.57. The van der Waals surface area contributed by atoms with E-state index in [1.807, 2.05) is 24.3 Å². The molecule has 0 bridgehead atoms. The van der Waals surface area contributed by atoms with Crippen LogP contribution in [0.2, 0.25) is 0 Å². The minimum Gasteiger partial charge on any atom is -0.392 e. The Kier molecular flexibility index (Phi) is 4.93. The number of rotatable bonds is 6. The van der Waals surface area contributed by atoms with Gasteiger partial charge in [0.25, 0.3) is 5.91 Å². The van der Waals surface area contributed by atoms with Crippen LogP contribution in [0.1, 0.15) is 21.5 Å². The van der Waals surface area contributed by atoms with Crippen molar-refractivity contribution in [2.24, 2.45) is 0 Å². The molecule has 122 valence electrons. The summed E-state index contributed by atoms with van der Waals surface area (Å²) in [5.74, 6) is 0.380. The van der Waals surface area contributed by atoms with Gasteiger partial charge in [0, 0.05) is 18.3 Å². The molecular formula is C17H17N5O2. The average Bonchev–Trinajstić information content (AvgIpc) is 3.17. The normalized spacial score (nSPS) is 10.5. The molecule has 0 spiro atoms. The number of aliphatic hydroxyl groups is 1. The van der Waals surface area contributed by atoms with Crippen molar-refractivity contribution < 1.29 is 9.90 Å². The van der Waals surface area contributed by atoms with Gasteiger partial charge < -0.3 is 10.4 Å². The molecule has 3 aromatic rings. The fraction of sp³-hybridized carbons (Fsp3) is 0.176. The summed E-state index contributed by atoms with van der Waals surface area (Å²) in [6, 6.07) is 11.0. The monoisotopic (exact) mass is 323 g/mol. The maximum atomic E-state index is 12.2. The number of hydrogen-bond acceptors (Lipinski definition) is 5. The van der Waals surface area contributed by atoms with E-state index in [9.17, 15) is 4.79 Å². The van der Waals surface area contributed by atoms with Gasteiger partial charge in [-0.2, -0.15) is 5.10 Å². The van der Waals surface area contributed by atoms with Gasteiger partial charge >= 0.3 is 0 Å². The van der Waals surface area contributed by atoms with E-state index in [0.29, 0.717) is 17.9 Å². The maximum absolute atomic E-state index is 12.2. The zero-order chi connectivity index (χ0) is 16.8. The van der Waals surface area contributed by atoms with E-state index in [-0.39, 0.29) is 12.5 Å². The molecule has 24 heavy (non-hydrogen) atoms. The Morgan fingerprint density at radius 3 is 2.67 bits per heavy atom. The Hall–Kier alpha value is -3.06. The molecule has 7 heteroatoms. The summed E-state index contributed by atoms with van der Waals surface area (Å²) in [7, 11) is 0. The van der Waals surface area contributed by atoms with Crippen molar-refractivity contribution in [1.29, 1.82) is 0 Å². The Morgan fingerprint density at radius 1 is 1.17 bits per heavy atom. The van der Waals surface area contributed by atoms with E-state index in [1.54, 1.807) is 18.3 Å². The SMILES string of the molecule is O=C(NCCc1ccc(CO)cc1)c1ccnc(-n2cncn2)c1. The highest BCUT2D eigenvalue weighted by molar-refractivity contribution is 5.94. The molecule has 2 N–H and O–H groups in total. The maximum Gasteiger partial charge on any atom is 0.251 e. The van der Waals surface area contributed by atoms with Crippen molar-refractivity contribution >= 4 is 5.91 Å². The van der Waals surface area contributed by atoms with Crippen LogP contribution in [-0.4, -0.2) is 37.3 Å². The number of aromatic nitrogens is 4. The number of benzene rings is 1. The van der Waals surface area contributed by atoms with E-state index in [1.165, 1.54) is 17.3 Å². The van der Waals surface area contributed by atoms with Crippen LogP contribution >= 0.6 is 0 Å². The van der Waals surface area contributed by atoms with E-state index < -0.39 is 0 Å². The molecule has 0 aliphatic carbocycles. The van der Waals surface area contributed by atoms with Crippen LogP contribution in [-0.2, 0) is 13.0 Å². The molecule has 0 saturated carbocycles. The molecule has 7 nitrogen and oxygen atoms in total. The van der Waals surface area contributed by atoms with Crippen LogP contribution in [0.15, 0.2) is 55.2 Å². The molecular weight excluding hydrogens is 306 g/mol. The topological polar surface area (TPSA) is 92.9 Å². The van der Waals surface area contributed by atoms with Crippen LogP contribution in [0.25, 0.3) is 5.82 Å². The number of aliphatic hydroxyl groups excluding tert-OH is 1. The van der Waals surface area contributed by atoms with Gasteiger partial charge in [-0.05, 0) is 29.7 Å². The standard InChI is InChI=1S/C17H17N5O2/c23-10-14-3-1-13(2-4-14)5-7-20-17(24)15-6-8-19-16(9-15)22-12-18-11-21-22/h1-4,6,8-9,11-12,23H,5,7,10H2,(H,20,24). The second-order valence-electron chi connectivity index (χ2n) is 5.22. The molecule has 2 heterocycles. The molecule has 1 aromatic carbocycles. The van der Waals surface area contributed by atoms with Crippen molar-refractivity contribution in [3.63, 3.8) is 0 Å². The zero-order valence-electron chi connectivity index (χ0n) is 13.0. The number of nitrogens with zero attached hydrogens (tertiary/aromatic N) is 4. The predicted octanol–water partition coefficient (Wildman–Crippen LogP) is 1.13. The highest BCUT2D eigenvalue weighted by atomic mass is 16.3. The van der Waals surface area contributed by atoms with Crippen molar-refractivity contribution in [2.45, 2.75) is 13.0 Å². The molecule has 0 aliphatic heterocycles. The lowest BCUT2D eigenvalue weighted by Crippen LogP contribution is -2.25. The molecule has 0 radical (unpaired) electrons. The molecule has 0 saturated heterocycles. The van der Waals surface area contributed by atoms with Crippen LogP contribution in [0.3, 0.4) is 0 Å². The van der Waals surface area contributed by atoms with Gasteiger partial charge in [-0.1, -0.05) is 24.3 Å². The van der Waals surface area contributed by atoms with Gasteiger partial charge in [-0.15, -0.1) is 0 Å². The predicted molar refractivity (Wildman–Crippen MR) is 87.6 cm³/mol.